The monoisotopic (exact) mass is 338 g/mol. The highest BCUT2D eigenvalue weighted by Gasteiger charge is 2.41. The third-order valence-electron chi connectivity index (χ3n) is 6.47. The Morgan fingerprint density at radius 2 is 1.38 bits per heavy atom. The Kier molecular flexibility index (Phi) is 7.81. The van der Waals surface area contributed by atoms with E-state index in [1.54, 1.807) is 0 Å². The molecule has 1 rings (SSSR count). The zero-order valence-electron chi connectivity index (χ0n) is 17.7. The van der Waals surface area contributed by atoms with Gasteiger partial charge in [0.25, 0.3) is 0 Å². The molecule has 0 amide bonds. The molecule has 0 aliphatic heterocycles. The second-order valence-corrected chi connectivity index (χ2v) is 9.91. The van der Waals surface area contributed by atoms with E-state index in [0.717, 1.165) is 19.3 Å². The van der Waals surface area contributed by atoms with E-state index in [4.69, 9.17) is 4.74 Å². The van der Waals surface area contributed by atoms with Gasteiger partial charge in [0.05, 0.1) is 5.41 Å². The highest BCUT2D eigenvalue weighted by atomic mass is 16.5. The molecule has 2 heteroatoms. The maximum absolute atomic E-state index is 13.0. The van der Waals surface area contributed by atoms with Gasteiger partial charge in [-0.1, -0.05) is 55.4 Å². The number of esters is 1. The van der Waals surface area contributed by atoms with E-state index in [9.17, 15) is 4.79 Å². The fourth-order valence-electron chi connectivity index (χ4n) is 4.23. The molecule has 0 saturated heterocycles. The van der Waals surface area contributed by atoms with Gasteiger partial charge in [-0.25, -0.2) is 0 Å². The standard InChI is InChI=1S/C22H42O2/c1-14(2)13-22(9,17(7)8)21(23)24-20-11-18(15(3)4)10-19(12-20)16(5)6/h14-20H,10-13H2,1-9H3. The minimum absolute atomic E-state index is 0.0307. The first-order valence-corrected chi connectivity index (χ1v) is 10.2. The Balaban J connectivity index is 2.85. The van der Waals surface area contributed by atoms with Gasteiger partial charge in [0.2, 0.25) is 0 Å². The molecule has 0 heterocycles. The van der Waals surface area contributed by atoms with Crippen molar-refractivity contribution in [3.05, 3.63) is 0 Å². The molecule has 0 aromatic heterocycles. The topological polar surface area (TPSA) is 26.3 Å². The molecular weight excluding hydrogens is 296 g/mol. The molecule has 3 atom stereocenters. The van der Waals surface area contributed by atoms with Crippen molar-refractivity contribution in [1.29, 1.82) is 0 Å². The van der Waals surface area contributed by atoms with Gasteiger partial charge in [0, 0.05) is 0 Å². The van der Waals surface area contributed by atoms with Crippen LogP contribution in [0.5, 0.6) is 0 Å². The van der Waals surface area contributed by atoms with Gasteiger partial charge in [0.15, 0.2) is 0 Å². The maximum atomic E-state index is 13.0. The van der Waals surface area contributed by atoms with Crippen molar-refractivity contribution in [2.75, 3.05) is 0 Å². The lowest BCUT2D eigenvalue weighted by Gasteiger charge is -2.40. The summed E-state index contributed by atoms with van der Waals surface area (Å²) in [4.78, 5) is 13.0. The second-order valence-electron chi connectivity index (χ2n) is 9.91. The van der Waals surface area contributed by atoms with Crippen molar-refractivity contribution < 1.29 is 9.53 Å². The zero-order valence-corrected chi connectivity index (χ0v) is 17.7. The molecule has 0 aromatic carbocycles. The summed E-state index contributed by atoms with van der Waals surface area (Å²) in [6, 6.07) is 0. The Morgan fingerprint density at radius 1 is 0.917 bits per heavy atom. The van der Waals surface area contributed by atoms with Crippen LogP contribution < -0.4 is 0 Å². The van der Waals surface area contributed by atoms with Gasteiger partial charge >= 0.3 is 5.97 Å². The quantitative estimate of drug-likeness (QED) is 0.507. The van der Waals surface area contributed by atoms with Crippen LogP contribution in [0.25, 0.3) is 0 Å². The molecular formula is C22H42O2. The van der Waals surface area contributed by atoms with E-state index in [1.807, 2.05) is 0 Å². The number of rotatable bonds is 7. The van der Waals surface area contributed by atoms with E-state index >= 15 is 0 Å². The van der Waals surface area contributed by atoms with Crippen LogP contribution in [0.15, 0.2) is 0 Å². The lowest BCUT2D eigenvalue weighted by atomic mass is 9.70. The van der Waals surface area contributed by atoms with Crippen molar-refractivity contribution in [2.24, 2.45) is 40.9 Å². The van der Waals surface area contributed by atoms with Crippen LogP contribution in [-0.4, -0.2) is 12.1 Å². The Hall–Kier alpha value is -0.530. The van der Waals surface area contributed by atoms with Crippen molar-refractivity contribution in [3.8, 4) is 0 Å². The van der Waals surface area contributed by atoms with Gasteiger partial charge in [-0.05, 0) is 68.1 Å². The molecule has 142 valence electrons. The highest BCUT2D eigenvalue weighted by Crippen LogP contribution is 2.41. The van der Waals surface area contributed by atoms with Crippen LogP contribution in [0.2, 0.25) is 0 Å². The minimum Gasteiger partial charge on any atom is -0.462 e. The van der Waals surface area contributed by atoms with Crippen molar-refractivity contribution >= 4 is 5.97 Å². The van der Waals surface area contributed by atoms with Gasteiger partial charge in [0.1, 0.15) is 6.10 Å². The average molecular weight is 339 g/mol. The molecule has 0 radical (unpaired) electrons. The summed E-state index contributed by atoms with van der Waals surface area (Å²) in [5.74, 6) is 3.53. The van der Waals surface area contributed by atoms with Crippen LogP contribution in [-0.2, 0) is 9.53 Å². The first-order valence-electron chi connectivity index (χ1n) is 10.2. The summed E-state index contributed by atoms with van der Waals surface area (Å²) in [5.41, 5.74) is -0.369. The molecule has 1 saturated carbocycles. The lowest BCUT2D eigenvalue weighted by molar-refractivity contribution is -0.168. The average Bonchev–Trinajstić information content (AvgIpc) is 2.45. The molecule has 1 fully saturated rings. The summed E-state index contributed by atoms with van der Waals surface area (Å²) in [5, 5.41) is 0. The second kappa shape index (κ2) is 8.72. The Labute approximate surface area is 151 Å². The van der Waals surface area contributed by atoms with Crippen LogP contribution >= 0.6 is 0 Å². The molecule has 0 aromatic rings. The van der Waals surface area contributed by atoms with E-state index in [-0.39, 0.29) is 17.5 Å². The van der Waals surface area contributed by atoms with Gasteiger partial charge in [-0.2, -0.15) is 0 Å². The summed E-state index contributed by atoms with van der Waals surface area (Å²) < 4.78 is 6.14. The fraction of sp³-hybridized carbons (Fsp3) is 0.955. The predicted octanol–water partition coefficient (Wildman–Crippen LogP) is 6.33. The Bertz CT molecular complexity index is 381. The molecule has 0 spiro atoms. The fourth-order valence-corrected chi connectivity index (χ4v) is 4.23. The first-order chi connectivity index (χ1) is 11.0. The largest absolute Gasteiger partial charge is 0.462 e. The van der Waals surface area contributed by atoms with Crippen LogP contribution in [0.4, 0.5) is 0 Å². The summed E-state index contributed by atoms with van der Waals surface area (Å²) >= 11 is 0. The summed E-state index contributed by atoms with van der Waals surface area (Å²) in [6.45, 7) is 20.0. The van der Waals surface area contributed by atoms with Gasteiger partial charge in [-0.3, -0.25) is 4.79 Å². The van der Waals surface area contributed by atoms with Crippen LogP contribution in [0.3, 0.4) is 0 Å². The SMILES string of the molecule is CC(C)CC(C)(C(=O)OC1CC(C(C)C)CC(C(C)C)C1)C(C)C. The number of carbonyl (C=O) groups excluding carboxylic acids is 1. The maximum Gasteiger partial charge on any atom is 0.312 e. The number of ether oxygens (including phenoxy) is 1. The molecule has 2 nitrogen and oxygen atoms in total. The van der Waals surface area contributed by atoms with E-state index in [1.165, 1.54) is 6.42 Å². The molecule has 0 N–H and O–H groups in total. The Morgan fingerprint density at radius 3 is 1.71 bits per heavy atom. The summed E-state index contributed by atoms with van der Waals surface area (Å²) in [7, 11) is 0. The van der Waals surface area contributed by atoms with Gasteiger partial charge in [-0.15, -0.1) is 0 Å². The van der Waals surface area contributed by atoms with Crippen molar-refractivity contribution in [2.45, 2.75) is 94.1 Å². The molecule has 24 heavy (non-hydrogen) atoms. The van der Waals surface area contributed by atoms with Crippen LogP contribution in [0.1, 0.15) is 88.0 Å². The van der Waals surface area contributed by atoms with E-state index < -0.39 is 0 Å². The normalized spacial score (nSPS) is 27.8. The predicted molar refractivity (Wildman–Crippen MR) is 103 cm³/mol. The molecule has 3 unspecified atom stereocenters. The van der Waals surface area contributed by atoms with Crippen molar-refractivity contribution in [1.82, 2.24) is 0 Å². The van der Waals surface area contributed by atoms with Gasteiger partial charge < -0.3 is 4.74 Å². The number of carbonyl (C=O) groups is 1. The number of hydrogen-bond donors (Lipinski definition) is 0. The highest BCUT2D eigenvalue weighted by molar-refractivity contribution is 5.77. The zero-order chi connectivity index (χ0) is 18.7. The lowest BCUT2D eigenvalue weighted by Crippen LogP contribution is -2.41. The molecule has 1 aliphatic carbocycles. The minimum atomic E-state index is -0.369. The molecule has 0 bridgehead atoms. The van der Waals surface area contributed by atoms with Crippen LogP contribution in [0, 0.1) is 40.9 Å². The third-order valence-corrected chi connectivity index (χ3v) is 6.47. The third kappa shape index (κ3) is 5.49. The molecule has 1 aliphatic rings. The smallest absolute Gasteiger partial charge is 0.312 e. The van der Waals surface area contributed by atoms with E-state index in [0.29, 0.717) is 35.5 Å². The summed E-state index contributed by atoms with van der Waals surface area (Å²) in [6.07, 6.45) is 4.38. The van der Waals surface area contributed by atoms with Crippen molar-refractivity contribution in [3.63, 3.8) is 0 Å². The number of hydrogen-bond acceptors (Lipinski definition) is 2. The van der Waals surface area contributed by atoms with E-state index in [2.05, 4.69) is 62.3 Å². The first kappa shape index (κ1) is 21.5.